The van der Waals surface area contributed by atoms with Gasteiger partial charge in [-0.25, -0.2) is 0 Å². The smallest absolute Gasteiger partial charge is 0.290 e. The molecule has 0 spiro atoms. The summed E-state index contributed by atoms with van der Waals surface area (Å²) in [6, 6.07) is 16.7. The first-order chi connectivity index (χ1) is 14.6. The number of fused-ring (bicyclic) bond motifs is 1. The first kappa shape index (κ1) is 20.6. The lowest BCUT2D eigenvalue weighted by Crippen LogP contribution is -3.13. The second-order valence-electron chi connectivity index (χ2n) is 8.45. The number of carbonyl (C=O) groups excluding carboxylic acids is 1. The van der Waals surface area contributed by atoms with Gasteiger partial charge in [0, 0.05) is 23.6 Å². The lowest BCUT2D eigenvalue weighted by atomic mass is 10.0. The van der Waals surface area contributed by atoms with E-state index in [-0.39, 0.29) is 5.91 Å². The maximum atomic E-state index is 13.2. The van der Waals surface area contributed by atoms with Crippen molar-refractivity contribution in [3.8, 4) is 0 Å². The quantitative estimate of drug-likeness (QED) is 0.682. The molecule has 1 aliphatic rings. The fourth-order valence-electron chi connectivity index (χ4n) is 4.21. The summed E-state index contributed by atoms with van der Waals surface area (Å²) >= 11 is 0. The molecule has 5 heteroatoms. The Kier molecular flexibility index (Phi) is 6.21. The van der Waals surface area contributed by atoms with Gasteiger partial charge in [-0.2, -0.15) is 0 Å². The second-order valence-corrected chi connectivity index (χ2v) is 8.45. The van der Waals surface area contributed by atoms with Crippen molar-refractivity contribution in [3.05, 3.63) is 71.0 Å². The van der Waals surface area contributed by atoms with E-state index in [2.05, 4.69) is 38.1 Å². The van der Waals surface area contributed by atoms with E-state index in [9.17, 15) is 4.79 Å². The number of carbonyl (C=O) groups is 1. The standard InChI is InChI=1S/C25H30N2O3/c1-18(2)20-10-8-19(9-11-20)16-26-12-14-27(15-13-26)25(28)24-22(17-29-3)21-6-4-5-7-23(21)30-24/h4-11,18H,12-17H2,1-3H3/p+1. The number of furan rings is 1. The van der Waals surface area contributed by atoms with Crippen molar-refractivity contribution < 1.29 is 18.8 Å². The predicted molar refractivity (Wildman–Crippen MR) is 118 cm³/mol. The Balaban J connectivity index is 1.41. The molecular weight excluding hydrogens is 376 g/mol. The van der Waals surface area contributed by atoms with Crippen LogP contribution >= 0.6 is 0 Å². The maximum absolute atomic E-state index is 13.2. The van der Waals surface area contributed by atoms with Crippen LogP contribution in [0.15, 0.2) is 52.9 Å². The fraction of sp³-hybridized carbons (Fsp3) is 0.400. The van der Waals surface area contributed by atoms with Crippen LogP contribution < -0.4 is 4.90 Å². The molecule has 30 heavy (non-hydrogen) atoms. The Labute approximate surface area is 178 Å². The van der Waals surface area contributed by atoms with Gasteiger partial charge in [0.1, 0.15) is 12.1 Å². The zero-order valence-corrected chi connectivity index (χ0v) is 18.1. The van der Waals surface area contributed by atoms with Crippen molar-refractivity contribution in [2.45, 2.75) is 32.9 Å². The molecule has 1 aliphatic heterocycles. The molecule has 1 N–H and O–H groups in total. The Morgan fingerprint density at radius 1 is 1.10 bits per heavy atom. The van der Waals surface area contributed by atoms with E-state index in [1.807, 2.05) is 29.2 Å². The number of para-hydroxylation sites is 1. The van der Waals surface area contributed by atoms with Crippen molar-refractivity contribution >= 4 is 16.9 Å². The van der Waals surface area contributed by atoms with Crippen molar-refractivity contribution in [3.63, 3.8) is 0 Å². The molecule has 0 bridgehead atoms. The molecular formula is C25H31N2O3+. The summed E-state index contributed by atoms with van der Waals surface area (Å²) in [5.74, 6) is 0.951. The van der Waals surface area contributed by atoms with E-state index in [0.717, 1.165) is 49.3 Å². The van der Waals surface area contributed by atoms with Gasteiger partial charge in [-0.15, -0.1) is 0 Å². The van der Waals surface area contributed by atoms with Crippen LogP contribution in [0.2, 0.25) is 0 Å². The predicted octanol–water partition coefficient (Wildman–Crippen LogP) is 3.24. The summed E-state index contributed by atoms with van der Waals surface area (Å²) in [5.41, 5.74) is 4.32. The summed E-state index contributed by atoms with van der Waals surface area (Å²) in [4.78, 5) is 16.6. The van der Waals surface area contributed by atoms with E-state index in [4.69, 9.17) is 9.15 Å². The molecule has 0 aliphatic carbocycles. The fourth-order valence-corrected chi connectivity index (χ4v) is 4.21. The minimum atomic E-state index is -0.0291. The van der Waals surface area contributed by atoms with Gasteiger partial charge in [-0.1, -0.05) is 56.3 Å². The number of methoxy groups -OCH3 is 1. The highest BCUT2D eigenvalue weighted by molar-refractivity contribution is 5.99. The third kappa shape index (κ3) is 4.27. The normalized spacial score (nSPS) is 15.3. The van der Waals surface area contributed by atoms with Gasteiger partial charge < -0.3 is 19.0 Å². The van der Waals surface area contributed by atoms with Crippen molar-refractivity contribution in [2.24, 2.45) is 0 Å². The lowest BCUT2D eigenvalue weighted by molar-refractivity contribution is -0.917. The Morgan fingerprint density at radius 3 is 2.47 bits per heavy atom. The van der Waals surface area contributed by atoms with Crippen LogP contribution in [0, 0.1) is 0 Å². The molecule has 5 nitrogen and oxygen atoms in total. The molecule has 2 aromatic carbocycles. The average Bonchev–Trinajstić information content (AvgIpc) is 3.13. The largest absolute Gasteiger partial charge is 0.451 e. The van der Waals surface area contributed by atoms with Crippen molar-refractivity contribution in [2.75, 3.05) is 33.3 Å². The third-order valence-electron chi connectivity index (χ3n) is 6.04. The molecule has 0 radical (unpaired) electrons. The van der Waals surface area contributed by atoms with Crippen LogP contribution in [0.5, 0.6) is 0 Å². The van der Waals surface area contributed by atoms with Crippen molar-refractivity contribution in [1.82, 2.24) is 4.90 Å². The van der Waals surface area contributed by atoms with Gasteiger partial charge in [0.2, 0.25) is 0 Å². The average molecular weight is 408 g/mol. The third-order valence-corrected chi connectivity index (χ3v) is 6.04. The Hall–Kier alpha value is -2.63. The molecule has 4 rings (SSSR count). The highest BCUT2D eigenvalue weighted by Crippen LogP contribution is 2.27. The van der Waals surface area contributed by atoms with Gasteiger partial charge in [0.05, 0.1) is 32.8 Å². The summed E-state index contributed by atoms with van der Waals surface area (Å²) < 4.78 is 11.3. The van der Waals surface area contributed by atoms with Crippen LogP contribution in [0.3, 0.4) is 0 Å². The molecule has 0 unspecified atom stereocenters. The number of quaternary nitrogens is 1. The van der Waals surface area contributed by atoms with Crippen LogP contribution in [0.25, 0.3) is 11.0 Å². The van der Waals surface area contributed by atoms with Gasteiger partial charge in [0.25, 0.3) is 5.91 Å². The number of nitrogens with zero attached hydrogens (tertiary/aromatic N) is 1. The Morgan fingerprint density at radius 2 is 1.80 bits per heavy atom. The number of ether oxygens (including phenoxy) is 1. The SMILES string of the molecule is COCc1c(C(=O)N2CC[NH+](Cc3ccc(C(C)C)cc3)CC2)oc2ccccc12. The highest BCUT2D eigenvalue weighted by Gasteiger charge is 2.29. The van der Waals surface area contributed by atoms with Crippen LogP contribution in [0.1, 0.15) is 47.0 Å². The highest BCUT2D eigenvalue weighted by atomic mass is 16.5. The molecule has 1 aromatic heterocycles. The van der Waals surface area contributed by atoms with E-state index in [1.165, 1.54) is 16.0 Å². The molecule has 0 atom stereocenters. The summed E-state index contributed by atoms with van der Waals surface area (Å²) in [5, 5.41) is 0.955. The molecule has 2 heterocycles. The monoisotopic (exact) mass is 407 g/mol. The minimum Gasteiger partial charge on any atom is -0.451 e. The summed E-state index contributed by atoms with van der Waals surface area (Å²) in [7, 11) is 1.64. The van der Waals surface area contributed by atoms with E-state index in [1.54, 1.807) is 7.11 Å². The van der Waals surface area contributed by atoms with E-state index < -0.39 is 0 Å². The van der Waals surface area contributed by atoms with E-state index in [0.29, 0.717) is 18.3 Å². The number of benzene rings is 2. The summed E-state index contributed by atoms with van der Waals surface area (Å²) in [6.45, 7) is 9.17. The zero-order valence-electron chi connectivity index (χ0n) is 18.1. The number of rotatable bonds is 6. The maximum Gasteiger partial charge on any atom is 0.290 e. The first-order valence-electron chi connectivity index (χ1n) is 10.8. The van der Waals surface area contributed by atoms with Gasteiger partial charge in [-0.05, 0) is 17.5 Å². The molecule has 0 saturated carbocycles. The molecule has 3 aromatic rings. The number of piperazine rings is 1. The zero-order chi connectivity index (χ0) is 21.1. The summed E-state index contributed by atoms with van der Waals surface area (Å²) in [6.07, 6.45) is 0. The number of hydrogen-bond donors (Lipinski definition) is 1. The van der Waals surface area contributed by atoms with Gasteiger partial charge in [-0.3, -0.25) is 4.79 Å². The van der Waals surface area contributed by atoms with Crippen LogP contribution in [-0.2, 0) is 17.9 Å². The number of amides is 1. The number of nitrogens with one attached hydrogen (secondary N) is 1. The topological polar surface area (TPSA) is 47.1 Å². The molecule has 1 amide bonds. The van der Waals surface area contributed by atoms with Crippen LogP contribution in [0.4, 0.5) is 0 Å². The minimum absolute atomic E-state index is 0.0291. The van der Waals surface area contributed by atoms with Crippen molar-refractivity contribution in [1.29, 1.82) is 0 Å². The second kappa shape index (κ2) is 9.02. The molecule has 1 fully saturated rings. The van der Waals surface area contributed by atoms with E-state index >= 15 is 0 Å². The van der Waals surface area contributed by atoms with Gasteiger partial charge >= 0.3 is 0 Å². The van der Waals surface area contributed by atoms with Gasteiger partial charge in [0.15, 0.2) is 5.76 Å². The molecule has 158 valence electrons. The Bertz CT molecular complexity index is 999. The lowest BCUT2D eigenvalue weighted by Gasteiger charge is -2.32. The molecule has 1 saturated heterocycles. The first-order valence-corrected chi connectivity index (χ1v) is 10.8. The number of hydrogen-bond acceptors (Lipinski definition) is 3. The van der Waals surface area contributed by atoms with Crippen LogP contribution in [-0.4, -0.2) is 44.1 Å².